The molecular formula is C16H14ClN5OS. The maximum atomic E-state index is 12.5. The molecule has 0 bridgehead atoms. The fraction of sp³-hybridized carbons (Fsp3) is 0.125. The highest BCUT2D eigenvalue weighted by molar-refractivity contribution is 7.17. The predicted octanol–water partition coefficient (Wildman–Crippen LogP) is 3.70. The number of hydrogen-bond donors (Lipinski definition) is 2. The van der Waals surface area contributed by atoms with Crippen LogP contribution < -0.4 is 11.1 Å². The number of amides is 1. The number of aryl methyl sites for hydroxylation is 2. The van der Waals surface area contributed by atoms with Gasteiger partial charge in [0.1, 0.15) is 32.4 Å². The lowest BCUT2D eigenvalue weighted by Crippen LogP contribution is -2.12. The summed E-state index contributed by atoms with van der Waals surface area (Å²) in [5.74, 6) is 0.382. The van der Waals surface area contributed by atoms with Gasteiger partial charge in [-0.3, -0.25) is 4.79 Å². The average Bonchev–Trinajstić information content (AvgIpc) is 2.91. The molecule has 3 N–H and O–H groups in total. The van der Waals surface area contributed by atoms with Gasteiger partial charge in [0.25, 0.3) is 5.91 Å². The molecule has 0 atom stereocenters. The van der Waals surface area contributed by atoms with E-state index in [-0.39, 0.29) is 11.7 Å². The standard InChI is InChI=1S/C16H14ClN5OS/c1-8-5-3-4-6-10(8)21-15(23)13-14(18)22-16(24-13)11-7-12(17)20-9(2)19-11/h3-7H,18H2,1-2H3,(H,21,23). The van der Waals surface area contributed by atoms with Crippen LogP contribution in [0.15, 0.2) is 30.3 Å². The Morgan fingerprint density at radius 1 is 1.21 bits per heavy atom. The second-order valence-electron chi connectivity index (χ2n) is 5.13. The fourth-order valence-electron chi connectivity index (χ4n) is 2.14. The summed E-state index contributed by atoms with van der Waals surface area (Å²) in [5.41, 5.74) is 8.15. The number of benzene rings is 1. The lowest BCUT2D eigenvalue weighted by molar-refractivity contribution is 0.103. The van der Waals surface area contributed by atoms with E-state index >= 15 is 0 Å². The molecule has 3 rings (SSSR count). The zero-order valence-electron chi connectivity index (χ0n) is 13.0. The third-order valence-corrected chi connectivity index (χ3v) is 4.56. The van der Waals surface area contributed by atoms with Gasteiger partial charge in [0.15, 0.2) is 0 Å². The predicted molar refractivity (Wildman–Crippen MR) is 96.4 cm³/mol. The Balaban J connectivity index is 1.91. The number of anilines is 2. The number of thiazole rings is 1. The van der Waals surface area contributed by atoms with E-state index in [4.69, 9.17) is 17.3 Å². The number of aromatic nitrogens is 3. The van der Waals surface area contributed by atoms with Crippen LogP contribution in [0.2, 0.25) is 5.15 Å². The van der Waals surface area contributed by atoms with Gasteiger partial charge in [-0.1, -0.05) is 29.8 Å². The van der Waals surface area contributed by atoms with Crippen molar-refractivity contribution in [2.45, 2.75) is 13.8 Å². The highest BCUT2D eigenvalue weighted by Crippen LogP contribution is 2.30. The molecule has 0 aliphatic rings. The normalized spacial score (nSPS) is 10.6. The van der Waals surface area contributed by atoms with Crippen molar-refractivity contribution in [2.24, 2.45) is 0 Å². The van der Waals surface area contributed by atoms with E-state index in [9.17, 15) is 4.79 Å². The molecule has 8 heteroatoms. The van der Waals surface area contributed by atoms with E-state index in [1.807, 2.05) is 31.2 Å². The second-order valence-corrected chi connectivity index (χ2v) is 6.51. The van der Waals surface area contributed by atoms with Crippen molar-refractivity contribution in [3.8, 4) is 10.7 Å². The minimum absolute atomic E-state index is 0.161. The molecule has 0 unspecified atom stereocenters. The molecule has 0 spiro atoms. The van der Waals surface area contributed by atoms with Crippen LogP contribution in [-0.2, 0) is 0 Å². The third kappa shape index (κ3) is 3.37. The topological polar surface area (TPSA) is 93.8 Å². The third-order valence-electron chi connectivity index (χ3n) is 3.28. The first-order valence-electron chi connectivity index (χ1n) is 7.09. The van der Waals surface area contributed by atoms with E-state index in [0.29, 0.717) is 26.6 Å². The lowest BCUT2D eigenvalue weighted by atomic mass is 10.2. The first-order valence-corrected chi connectivity index (χ1v) is 8.28. The van der Waals surface area contributed by atoms with Gasteiger partial charge in [-0.25, -0.2) is 15.0 Å². The number of para-hydroxylation sites is 1. The van der Waals surface area contributed by atoms with Crippen LogP contribution in [0.4, 0.5) is 11.5 Å². The van der Waals surface area contributed by atoms with Crippen LogP contribution >= 0.6 is 22.9 Å². The summed E-state index contributed by atoms with van der Waals surface area (Å²) in [4.78, 5) is 25.3. The Morgan fingerprint density at radius 2 is 1.96 bits per heavy atom. The first-order chi connectivity index (χ1) is 11.4. The van der Waals surface area contributed by atoms with E-state index in [1.54, 1.807) is 13.0 Å². The Hall–Kier alpha value is -2.51. The molecule has 2 heterocycles. The fourth-order valence-corrected chi connectivity index (χ4v) is 3.20. The van der Waals surface area contributed by atoms with Crippen molar-refractivity contribution in [3.63, 3.8) is 0 Å². The summed E-state index contributed by atoms with van der Waals surface area (Å²) in [6.07, 6.45) is 0. The van der Waals surface area contributed by atoms with Crippen molar-refractivity contribution >= 4 is 40.4 Å². The molecule has 0 saturated carbocycles. The molecule has 0 aliphatic carbocycles. The minimum Gasteiger partial charge on any atom is -0.382 e. The first kappa shape index (κ1) is 16.4. The molecule has 0 fully saturated rings. The number of rotatable bonds is 3. The molecule has 2 aromatic heterocycles. The monoisotopic (exact) mass is 359 g/mol. The van der Waals surface area contributed by atoms with Crippen molar-refractivity contribution in [1.29, 1.82) is 0 Å². The van der Waals surface area contributed by atoms with E-state index in [1.165, 1.54) is 11.3 Å². The van der Waals surface area contributed by atoms with Crippen molar-refractivity contribution in [1.82, 2.24) is 15.0 Å². The van der Waals surface area contributed by atoms with E-state index < -0.39 is 0 Å². The summed E-state index contributed by atoms with van der Waals surface area (Å²) in [6.45, 7) is 3.65. The molecule has 0 radical (unpaired) electrons. The summed E-state index contributed by atoms with van der Waals surface area (Å²) < 4.78 is 0. The zero-order valence-corrected chi connectivity index (χ0v) is 14.6. The van der Waals surface area contributed by atoms with Crippen LogP contribution in [0.3, 0.4) is 0 Å². The average molecular weight is 360 g/mol. The second kappa shape index (κ2) is 6.54. The number of carbonyl (C=O) groups is 1. The zero-order chi connectivity index (χ0) is 17.3. The van der Waals surface area contributed by atoms with Crippen LogP contribution in [0.25, 0.3) is 10.7 Å². The number of carbonyl (C=O) groups excluding carboxylic acids is 1. The van der Waals surface area contributed by atoms with Crippen molar-refractivity contribution < 1.29 is 4.79 Å². The Bertz CT molecular complexity index is 904. The Labute approximate surface area is 147 Å². The number of nitrogens with one attached hydrogen (secondary N) is 1. The molecule has 3 aromatic rings. The van der Waals surface area contributed by atoms with Crippen LogP contribution in [0.1, 0.15) is 21.1 Å². The molecule has 0 saturated heterocycles. The van der Waals surface area contributed by atoms with Crippen LogP contribution in [0.5, 0.6) is 0 Å². The minimum atomic E-state index is -0.303. The van der Waals surface area contributed by atoms with Gasteiger partial charge in [0.2, 0.25) is 0 Å². The van der Waals surface area contributed by atoms with Gasteiger partial charge in [-0.05, 0) is 25.5 Å². The van der Waals surface area contributed by atoms with Crippen molar-refractivity contribution in [2.75, 3.05) is 11.1 Å². The largest absolute Gasteiger partial charge is 0.382 e. The summed E-state index contributed by atoms with van der Waals surface area (Å²) >= 11 is 7.12. The summed E-state index contributed by atoms with van der Waals surface area (Å²) in [6, 6.07) is 9.11. The van der Waals surface area contributed by atoms with Crippen LogP contribution in [0, 0.1) is 13.8 Å². The highest BCUT2D eigenvalue weighted by Gasteiger charge is 2.19. The number of nitrogen functional groups attached to an aromatic ring is 1. The molecule has 6 nitrogen and oxygen atoms in total. The molecule has 0 aliphatic heterocycles. The maximum Gasteiger partial charge on any atom is 0.269 e. The van der Waals surface area contributed by atoms with Gasteiger partial charge < -0.3 is 11.1 Å². The maximum absolute atomic E-state index is 12.5. The smallest absolute Gasteiger partial charge is 0.269 e. The Kier molecular flexibility index (Phi) is 4.46. The van der Waals surface area contributed by atoms with Gasteiger partial charge in [0, 0.05) is 11.8 Å². The molecule has 1 amide bonds. The lowest BCUT2D eigenvalue weighted by Gasteiger charge is -2.06. The number of nitrogens with two attached hydrogens (primary N) is 1. The molecule has 122 valence electrons. The number of hydrogen-bond acceptors (Lipinski definition) is 6. The van der Waals surface area contributed by atoms with Gasteiger partial charge in [-0.15, -0.1) is 11.3 Å². The highest BCUT2D eigenvalue weighted by atomic mass is 35.5. The van der Waals surface area contributed by atoms with E-state index in [0.717, 1.165) is 11.3 Å². The van der Waals surface area contributed by atoms with Crippen LogP contribution in [-0.4, -0.2) is 20.9 Å². The van der Waals surface area contributed by atoms with E-state index in [2.05, 4.69) is 20.3 Å². The molecule has 24 heavy (non-hydrogen) atoms. The molecular weight excluding hydrogens is 346 g/mol. The van der Waals surface area contributed by atoms with Crippen molar-refractivity contribution in [3.05, 3.63) is 51.7 Å². The van der Waals surface area contributed by atoms with Gasteiger partial charge in [0.05, 0.1) is 0 Å². The number of halogens is 1. The van der Waals surface area contributed by atoms with Gasteiger partial charge in [-0.2, -0.15) is 0 Å². The summed E-state index contributed by atoms with van der Waals surface area (Å²) in [5, 5.41) is 3.69. The SMILES string of the molecule is Cc1nc(Cl)cc(-c2nc(N)c(C(=O)Nc3ccccc3C)s2)n1. The summed E-state index contributed by atoms with van der Waals surface area (Å²) in [7, 11) is 0. The Morgan fingerprint density at radius 3 is 2.67 bits per heavy atom. The number of nitrogens with zero attached hydrogens (tertiary/aromatic N) is 3. The quantitative estimate of drug-likeness (QED) is 0.695. The van der Waals surface area contributed by atoms with Gasteiger partial charge >= 0.3 is 0 Å². The molecule has 1 aromatic carbocycles.